The van der Waals surface area contributed by atoms with Crippen LogP contribution in [0.1, 0.15) is 30.8 Å². The summed E-state index contributed by atoms with van der Waals surface area (Å²) >= 11 is 1.78. The minimum atomic E-state index is 0.832. The minimum absolute atomic E-state index is 0.832. The molecule has 0 aliphatic rings. The van der Waals surface area contributed by atoms with Crippen molar-refractivity contribution in [2.45, 2.75) is 31.6 Å². The van der Waals surface area contributed by atoms with E-state index in [1.807, 2.05) is 0 Å². The van der Waals surface area contributed by atoms with Gasteiger partial charge in [0.1, 0.15) is 11.5 Å². The summed E-state index contributed by atoms with van der Waals surface area (Å²) in [5, 5.41) is 3.39. The van der Waals surface area contributed by atoms with E-state index in [1.54, 1.807) is 18.9 Å². The number of hydrogen-bond acceptors (Lipinski definition) is 4. The summed E-state index contributed by atoms with van der Waals surface area (Å²) in [6, 6.07) is 4.12. The minimum Gasteiger partial charge on any atom is -0.464 e. The van der Waals surface area contributed by atoms with Gasteiger partial charge in [-0.3, -0.25) is 0 Å². The Labute approximate surface area is 108 Å². The first-order chi connectivity index (χ1) is 8.36. The smallest absolute Gasteiger partial charge is 0.117 e. The Kier molecular flexibility index (Phi) is 8.22. The zero-order valence-electron chi connectivity index (χ0n) is 10.8. The Hall–Kier alpha value is -0.450. The van der Waals surface area contributed by atoms with Gasteiger partial charge in [0.2, 0.25) is 0 Å². The molecule has 0 saturated heterocycles. The quantitative estimate of drug-likeness (QED) is 0.653. The molecular formula is C13H23NO2S. The molecule has 1 heterocycles. The lowest BCUT2D eigenvalue weighted by atomic mass is 10.2. The number of rotatable bonds is 10. The van der Waals surface area contributed by atoms with Crippen molar-refractivity contribution in [1.29, 1.82) is 0 Å². The molecule has 1 N–H and O–H groups in total. The average Bonchev–Trinajstić information content (AvgIpc) is 2.76. The van der Waals surface area contributed by atoms with Gasteiger partial charge < -0.3 is 14.5 Å². The van der Waals surface area contributed by atoms with Crippen LogP contribution in [-0.4, -0.2) is 26.5 Å². The molecule has 0 unspecified atom stereocenters. The second-order valence-corrected chi connectivity index (χ2v) is 4.90. The van der Waals surface area contributed by atoms with Gasteiger partial charge in [-0.05, 0) is 44.2 Å². The number of unbranched alkanes of at least 4 members (excludes halogenated alkanes) is 2. The summed E-state index contributed by atoms with van der Waals surface area (Å²) in [5.41, 5.74) is 0. The number of hydrogen-bond donors (Lipinski definition) is 1. The van der Waals surface area contributed by atoms with Gasteiger partial charge >= 0.3 is 0 Å². The molecule has 1 aromatic rings. The van der Waals surface area contributed by atoms with Crippen LogP contribution >= 0.6 is 11.8 Å². The first-order valence-corrected chi connectivity index (χ1v) is 7.52. The Balaban J connectivity index is 2.01. The van der Waals surface area contributed by atoms with E-state index < -0.39 is 0 Å². The van der Waals surface area contributed by atoms with Gasteiger partial charge in [0.15, 0.2) is 0 Å². The Bertz CT molecular complexity index is 289. The van der Waals surface area contributed by atoms with E-state index in [2.05, 4.69) is 23.7 Å². The molecule has 0 saturated carbocycles. The molecule has 0 aliphatic carbocycles. The Morgan fingerprint density at radius 1 is 1.24 bits per heavy atom. The lowest BCUT2D eigenvalue weighted by Crippen LogP contribution is -2.14. The predicted molar refractivity (Wildman–Crippen MR) is 73.4 cm³/mol. The van der Waals surface area contributed by atoms with Crippen LogP contribution < -0.4 is 5.32 Å². The molecule has 98 valence electrons. The van der Waals surface area contributed by atoms with Crippen LogP contribution in [-0.2, 0) is 17.0 Å². The largest absolute Gasteiger partial charge is 0.464 e. The summed E-state index contributed by atoms with van der Waals surface area (Å²) in [6.07, 6.45) is 5.65. The summed E-state index contributed by atoms with van der Waals surface area (Å²) in [4.78, 5) is 0. The van der Waals surface area contributed by atoms with Crippen LogP contribution in [0, 0.1) is 0 Å². The zero-order chi connectivity index (χ0) is 12.3. The van der Waals surface area contributed by atoms with Crippen LogP contribution in [0.3, 0.4) is 0 Å². The molecule has 0 bridgehead atoms. The second-order valence-electron chi connectivity index (χ2n) is 4.03. The standard InChI is InChI=1S/C13H23NO2S/c1-15-9-5-3-4-8-14-10-12-6-7-13(16-12)11-17-2/h6-7,14H,3-5,8-11H2,1-2H3. The fourth-order valence-corrected chi connectivity index (χ4v) is 2.06. The first kappa shape index (κ1) is 14.6. The van der Waals surface area contributed by atoms with E-state index in [1.165, 1.54) is 12.8 Å². The van der Waals surface area contributed by atoms with Crippen LogP contribution in [0.2, 0.25) is 0 Å². The van der Waals surface area contributed by atoms with E-state index in [9.17, 15) is 0 Å². The maximum atomic E-state index is 5.67. The molecule has 1 aromatic heterocycles. The third kappa shape index (κ3) is 6.76. The molecule has 17 heavy (non-hydrogen) atoms. The van der Waals surface area contributed by atoms with Crippen molar-refractivity contribution in [2.24, 2.45) is 0 Å². The van der Waals surface area contributed by atoms with Gasteiger partial charge in [-0.25, -0.2) is 0 Å². The summed E-state index contributed by atoms with van der Waals surface area (Å²) in [5.74, 6) is 3.05. The van der Waals surface area contributed by atoms with E-state index in [4.69, 9.17) is 9.15 Å². The molecule has 0 aliphatic heterocycles. The molecule has 0 radical (unpaired) electrons. The summed E-state index contributed by atoms with van der Waals surface area (Å²) in [7, 11) is 1.75. The molecule has 1 rings (SSSR count). The molecule has 0 aromatic carbocycles. The van der Waals surface area contributed by atoms with Crippen LogP contribution in [0.25, 0.3) is 0 Å². The molecular weight excluding hydrogens is 234 g/mol. The fourth-order valence-electron chi connectivity index (χ4n) is 1.62. The normalized spacial score (nSPS) is 10.9. The highest BCUT2D eigenvalue weighted by atomic mass is 32.2. The van der Waals surface area contributed by atoms with Crippen molar-refractivity contribution in [3.05, 3.63) is 23.7 Å². The van der Waals surface area contributed by atoms with Gasteiger partial charge in [0.05, 0.1) is 12.3 Å². The Morgan fingerprint density at radius 3 is 2.82 bits per heavy atom. The molecule has 0 amide bonds. The van der Waals surface area contributed by atoms with Crippen molar-refractivity contribution in [2.75, 3.05) is 26.5 Å². The van der Waals surface area contributed by atoms with Crippen LogP contribution in [0.4, 0.5) is 0 Å². The van der Waals surface area contributed by atoms with E-state index in [0.29, 0.717) is 0 Å². The van der Waals surface area contributed by atoms with E-state index >= 15 is 0 Å². The third-order valence-electron chi connectivity index (χ3n) is 2.51. The van der Waals surface area contributed by atoms with Crippen LogP contribution in [0.15, 0.2) is 16.5 Å². The highest BCUT2D eigenvalue weighted by Crippen LogP contribution is 2.13. The number of furan rings is 1. The zero-order valence-corrected chi connectivity index (χ0v) is 11.6. The number of methoxy groups -OCH3 is 1. The average molecular weight is 257 g/mol. The van der Waals surface area contributed by atoms with Gasteiger partial charge in [-0.1, -0.05) is 0 Å². The predicted octanol–water partition coefficient (Wildman–Crippen LogP) is 3.05. The van der Waals surface area contributed by atoms with Gasteiger partial charge in [0.25, 0.3) is 0 Å². The topological polar surface area (TPSA) is 34.4 Å². The van der Waals surface area contributed by atoms with Gasteiger partial charge in [-0.15, -0.1) is 0 Å². The first-order valence-electron chi connectivity index (χ1n) is 6.13. The van der Waals surface area contributed by atoms with Gasteiger partial charge in [-0.2, -0.15) is 11.8 Å². The highest BCUT2D eigenvalue weighted by molar-refractivity contribution is 7.97. The molecule has 0 atom stereocenters. The SMILES string of the molecule is COCCCCCNCc1ccc(CSC)o1. The van der Waals surface area contributed by atoms with E-state index in [0.717, 1.165) is 43.4 Å². The lowest BCUT2D eigenvalue weighted by molar-refractivity contribution is 0.192. The van der Waals surface area contributed by atoms with Crippen molar-refractivity contribution in [1.82, 2.24) is 5.32 Å². The molecule has 0 fully saturated rings. The fraction of sp³-hybridized carbons (Fsp3) is 0.692. The summed E-state index contributed by atoms with van der Waals surface area (Å²) < 4.78 is 10.7. The Morgan fingerprint density at radius 2 is 2.06 bits per heavy atom. The molecule has 0 spiro atoms. The molecule has 4 heteroatoms. The van der Waals surface area contributed by atoms with Crippen molar-refractivity contribution >= 4 is 11.8 Å². The second kappa shape index (κ2) is 9.57. The highest BCUT2D eigenvalue weighted by Gasteiger charge is 2.00. The maximum Gasteiger partial charge on any atom is 0.117 e. The molecule has 3 nitrogen and oxygen atoms in total. The van der Waals surface area contributed by atoms with Crippen molar-refractivity contribution in [3.63, 3.8) is 0 Å². The van der Waals surface area contributed by atoms with Crippen molar-refractivity contribution < 1.29 is 9.15 Å². The monoisotopic (exact) mass is 257 g/mol. The van der Waals surface area contributed by atoms with Gasteiger partial charge in [0, 0.05) is 13.7 Å². The summed E-state index contributed by atoms with van der Waals surface area (Å²) in [6.45, 7) is 2.75. The third-order valence-corrected chi connectivity index (χ3v) is 3.08. The van der Waals surface area contributed by atoms with E-state index in [-0.39, 0.29) is 0 Å². The lowest BCUT2D eigenvalue weighted by Gasteiger charge is -2.02. The number of thioether (sulfide) groups is 1. The number of ether oxygens (including phenoxy) is 1. The van der Waals surface area contributed by atoms with Crippen LogP contribution in [0.5, 0.6) is 0 Å². The number of nitrogens with one attached hydrogen (secondary N) is 1. The maximum absolute atomic E-state index is 5.67. The van der Waals surface area contributed by atoms with Crippen molar-refractivity contribution in [3.8, 4) is 0 Å².